The molecule has 1 N–H and O–H groups in total. The van der Waals surface area contributed by atoms with Crippen molar-refractivity contribution in [1.82, 2.24) is 25.3 Å². The van der Waals surface area contributed by atoms with Gasteiger partial charge in [-0.15, -0.1) is 0 Å². The van der Waals surface area contributed by atoms with Gasteiger partial charge < -0.3 is 9.84 Å². The topological polar surface area (TPSA) is 74.5 Å². The Morgan fingerprint density at radius 2 is 1.72 bits per heavy atom. The Hall–Kier alpha value is -2.74. The van der Waals surface area contributed by atoms with E-state index in [9.17, 15) is 4.79 Å². The van der Waals surface area contributed by atoms with Crippen LogP contribution < -0.4 is 5.32 Å². The largest absolute Gasteiger partial charge is 0.348 e. The Morgan fingerprint density at radius 1 is 1.06 bits per heavy atom. The van der Waals surface area contributed by atoms with Gasteiger partial charge in [-0.1, -0.05) is 58.7 Å². The molecule has 32 heavy (non-hydrogen) atoms. The summed E-state index contributed by atoms with van der Waals surface area (Å²) in [7, 11) is 0. The third-order valence-electron chi connectivity index (χ3n) is 5.72. The summed E-state index contributed by atoms with van der Waals surface area (Å²) in [4.78, 5) is 21.4. The van der Waals surface area contributed by atoms with Crippen LogP contribution in [0.25, 0.3) is 11.4 Å². The van der Waals surface area contributed by atoms with Crippen molar-refractivity contribution in [2.24, 2.45) is 0 Å². The van der Waals surface area contributed by atoms with E-state index in [2.05, 4.69) is 32.2 Å². The molecule has 7 nitrogen and oxygen atoms in total. The number of benzene rings is 2. The number of carbonyl (C=O) groups excluding carboxylic acids is 1. The molecule has 2 aromatic carbocycles. The molecule has 8 heteroatoms. The summed E-state index contributed by atoms with van der Waals surface area (Å²) in [5, 5.41) is 7.87. The van der Waals surface area contributed by atoms with Gasteiger partial charge in [-0.3, -0.25) is 14.6 Å². The number of hydrogen-bond donors (Lipinski definition) is 1. The second-order valence-electron chi connectivity index (χ2n) is 8.27. The van der Waals surface area contributed by atoms with Gasteiger partial charge in [0.1, 0.15) is 0 Å². The Bertz CT molecular complexity index is 1030. The lowest BCUT2D eigenvalue weighted by Crippen LogP contribution is -2.49. The van der Waals surface area contributed by atoms with Crippen LogP contribution in [-0.2, 0) is 11.3 Å². The fraction of sp³-hybridized carbons (Fsp3) is 0.375. The first-order valence-corrected chi connectivity index (χ1v) is 11.2. The fourth-order valence-corrected chi connectivity index (χ4v) is 3.89. The zero-order valence-electron chi connectivity index (χ0n) is 18.4. The third-order valence-corrected chi connectivity index (χ3v) is 5.97. The molecule has 1 aliphatic heterocycles. The summed E-state index contributed by atoms with van der Waals surface area (Å²) in [5.41, 5.74) is 3.19. The smallest absolute Gasteiger partial charge is 0.241 e. The van der Waals surface area contributed by atoms with Gasteiger partial charge in [0.15, 0.2) is 0 Å². The molecule has 4 rings (SSSR count). The van der Waals surface area contributed by atoms with Gasteiger partial charge in [0.2, 0.25) is 17.6 Å². The Morgan fingerprint density at radius 3 is 2.41 bits per heavy atom. The van der Waals surface area contributed by atoms with Crippen molar-refractivity contribution < 1.29 is 9.32 Å². The molecule has 0 aliphatic carbocycles. The number of hydrogen-bond acceptors (Lipinski definition) is 6. The molecule has 0 radical (unpaired) electrons. The van der Waals surface area contributed by atoms with Crippen LogP contribution in [0.4, 0.5) is 0 Å². The number of nitrogens with zero attached hydrogens (tertiary/aromatic N) is 4. The number of aromatic nitrogens is 2. The standard InChI is InChI=1S/C24H28ClN5O2/c1-17-3-5-20(6-4-17)24-27-23(32-28-24)16-30-13-11-29(12-14-30)15-22(31)26-18(2)19-7-9-21(25)10-8-19/h3-10,18H,11-16H2,1-2H3,(H,26,31). The highest BCUT2D eigenvalue weighted by Crippen LogP contribution is 2.18. The van der Waals surface area contributed by atoms with E-state index in [-0.39, 0.29) is 11.9 Å². The zero-order chi connectivity index (χ0) is 22.5. The molecule has 1 atom stereocenters. The molecule has 1 aliphatic rings. The molecule has 3 aromatic rings. The van der Waals surface area contributed by atoms with E-state index in [1.165, 1.54) is 5.56 Å². The van der Waals surface area contributed by atoms with Crippen LogP contribution in [0.1, 0.15) is 30.0 Å². The van der Waals surface area contributed by atoms with Gasteiger partial charge in [-0.25, -0.2) is 0 Å². The minimum absolute atomic E-state index is 0.0283. The van der Waals surface area contributed by atoms with Gasteiger partial charge in [0.05, 0.1) is 19.1 Å². The summed E-state index contributed by atoms with van der Waals surface area (Å²) >= 11 is 5.94. The maximum Gasteiger partial charge on any atom is 0.241 e. The maximum absolute atomic E-state index is 12.5. The summed E-state index contributed by atoms with van der Waals surface area (Å²) in [5.74, 6) is 1.26. The highest BCUT2D eigenvalue weighted by atomic mass is 35.5. The lowest BCUT2D eigenvalue weighted by Gasteiger charge is -2.33. The molecule has 1 fully saturated rings. The summed E-state index contributed by atoms with van der Waals surface area (Å²) in [6.45, 7) is 8.38. The van der Waals surface area contributed by atoms with Crippen molar-refractivity contribution in [3.63, 3.8) is 0 Å². The summed E-state index contributed by atoms with van der Waals surface area (Å²) < 4.78 is 5.45. The van der Waals surface area contributed by atoms with Crippen LogP contribution in [0, 0.1) is 6.92 Å². The highest BCUT2D eigenvalue weighted by molar-refractivity contribution is 6.30. The molecule has 2 heterocycles. The van der Waals surface area contributed by atoms with Crippen LogP contribution >= 0.6 is 11.6 Å². The van der Waals surface area contributed by atoms with E-state index in [1.54, 1.807) is 0 Å². The van der Waals surface area contributed by atoms with Crippen LogP contribution in [0.3, 0.4) is 0 Å². The molecule has 0 bridgehead atoms. The predicted molar refractivity (Wildman–Crippen MR) is 124 cm³/mol. The van der Waals surface area contributed by atoms with Crippen molar-refractivity contribution in [2.75, 3.05) is 32.7 Å². The van der Waals surface area contributed by atoms with E-state index in [0.717, 1.165) is 37.3 Å². The average Bonchev–Trinajstić information content (AvgIpc) is 3.24. The van der Waals surface area contributed by atoms with Gasteiger partial charge >= 0.3 is 0 Å². The lowest BCUT2D eigenvalue weighted by atomic mass is 10.1. The van der Waals surface area contributed by atoms with E-state index in [1.807, 2.05) is 55.5 Å². The average molecular weight is 454 g/mol. The minimum atomic E-state index is -0.0543. The Labute approximate surface area is 193 Å². The third kappa shape index (κ3) is 5.94. The van der Waals surface area contributed by atoms with Gasteiger partial charge in [-0.05, 0) is 31.5 Å². The van der Waals surface area contributed by atoms with Crippen molar-refractivity contribution in [2.45, 2.75) is 26.4 Å². The second-order valence-corrected chi connectivity index (χ2v) is 8.71. The Kier molecular flexibility index (Phi) is 7.19. The Balaban J connectivity index is 1.22. The molecule has 0 saturated carbocycles. The van der Waals surface area contributed by atoms with Gasteiger partial charge in [0.25, 0.3) is 0 Å². The summed E-state index contributed by atoms with van der Waals surface area (Å²) in [6, 6.07) is 15.6. The van der Waals surface area contributed by atoms with Gasteiger partial charge in [0, 0.05) is 36.8 Å². The van der Waals surface area contributed by atoms with Crippen LogP contribution in [0.2, 0.25) is 5.02 Å². The fourth-order valence-electron chi connectivity index (χ4n) is 3.76. The van der Waals surface area contributed by atoms with Gasteiger partial charge in [-0.2, -0.15) is 4.98 Å². The van der Waals surface area contributed by atoms with Crippen LogP contribution in [0.5, 0.6) is 0 Å². The highest BCUT2D eigenvalue weighted by Gasteiger charge is 2.21. The lowest BCUT2D eigenvalue weighted by molar-refractivity contribution is -0.123. The molecule has 1 saturated heterocycles. The van der Waals surface area contributed by atoms with Crippen LogP contribution in [-0.4, -0.2) is 58.6 Å². The van der Waals surface area contributed by atoms with Crippen molar-refractivity contribution >= 4 is 17.5 Å². The number of piperazine rings is 1. The van der Waals surface area contributed by atoms with Crippen LogP contribution in [0.15, 0.2) is 53.1 Å². The minimum Gasteiger partial charge on any atom is -0.348 e. The number of rotatable bonds is 7. The van der Waals surface area contributed by atoms with Crippen molar-refractivity contribution in [3.05, 3.63) is 70.6 Å². The summed E-state index contributed by atoms with van der Waals surface area (Å²) in [6.07, 6.45) is 0. The number of halogens is 1. The quantitative estimate of drug-likeness (QED) is 0.588. The molecular weight excluding hydrogens is 426 g/mol. The first-order valence-electron chi connectivity index (χ1n) is 10.9. The molecule has 1 unspecified atom stereocenters. The SMILES string of the molecule is Cc1ccc(-c2noc(CN3CCN(CC(=O)NC(C)c4ccc(Cl)cc4)CC3)n2)cc1. The van der Waals surface area contributed by atoms with Crippen molar-refractivity contribution in [3.8, 4) is 11.4 Å². The number of aryl methyl sites for hydroxylation is 1. The van der Waals surface area contributed by atoms with E-state index < -0.39 is 0 Å². The number of nitrogens with one attached hydrogen (secondary N) is 1. The number of amides is 1. The molecule has 168 valence electrons. The molecule has 1 aromatic heterocycles. The van der Waals surface area contributed by atoms with E-state index in [0.29, 0.717) is 29.8 Å². The molecule has 1 amide bonds. The predicted octanol–water partition coefficient (Wildman–Crippen LogP) is 3.69. The zero-order valence-corrected chi connectivity index (χ0v) is 19.2. The first-order chi connectivity index (χ1) is 15.5. The molecule has 0 spiro atoms. The monoisotopic (exact) mass is 453 g/mol. The molecular formula is C24H28ClN5O2. The maximum atomic E-state index is 12.5. The number of carbonyl (C=O) groups is 1. The first kappa shape index (κ1) is 22.5. The van der Waals surface area contributed by atoms with E-state index in [4.69, 9.17) is 16.1 Å². The normalized spacial score (nSPS) is 16.1. The van der Waals surface area contributed by atoms with Crippen molar-refractivity contribution in [1.29, 1.82) is 0 Å². The van der Waals surface area contributed by atoms with E-state index >= 15 is 0 Å². The second kappa shape index (κ2) is 10.3.